The molecule has 0 bridgehead atoms. The van der Waals surface area contributed by atoms with Gasteiger partial charge in [-0.3, -0.25) is 4.98 Å². The Kier molecular flexibility index (Phi) is 3.44. The van der Waals surface area contributed by atoms with E-state index in [4.69, 9.17) is 0 Å². The van der Waals surface area contributed by atoms with Gasteiger partial charge >= 0.3 is 0 Å². The number of anilines is 1. The van der Waals surface area contributed by atoms with Crippen LogP contribution in [0.15, 0.2) is 30.9 Å². The van der Waals surface area contributed by atoms with Crippen LogP contribution in [-0.4, -0.2) is 33.3 Å². The molecule has 1 fully saturated rings. The summed E-state index contributed by atoms with van der Waals surface area (Å²) in [7, 11) is 2.09. The quantitative estimate of drug-likeness (QED) is 0.843. The molecule has 0 N–H and O–H groups in total. The zero-order chi connectivity index (χ0) is 13.1. The van der Waals surface area contributed by atoms with E-state index >= 15 is 0 Å². The first-order chi connectivity index (χ1) is 9.33. The van der Waals surface area contributed by atoms with Crippen molar-refractivity contribution in [2.75, 3.05) is 18.5 Å². The molecule has 3 rings (SSSR count). The van der Waals surface area contributed by atoms with Crippen molar-refractivity contribution < 1.29 is 0 Å². The van der Waals surface area contributed by atoms with Crippen LogP contribution in [-0.2, 0) is 0 Å². The molecule has 2 heterocycles. The molecule has 5 heteroatoms. The Morgan fingerprint density at radius 3 is 2.89 bits per heavy atom. The van der Waals surface area contributed by atoms with E-state index in [0.717, 1.165) is 24.1 Å². The Labute approximate surface area is 113 Å². The average molecular weight is 257 g/mol. The summed E-state index contributed by atoms with van der Waals surface area (Å²) >= 11 is 0. The fourth-order valence-electron chi connectivity index (χ4n) is 2.72. The molecule has 0 aliphatic heterocycles. The molecule has 100 valence electrons. The smallest absolute Gasteiger partial charge is 0.173 e. The molecule has 2 aromatic rings. The van der Waals surface area contributed by atoms with Gasteiger partial charge in [-0.15, -0.1) is 0 Å². The van der Waals surface area contributed by atoms with E-state index in [1.54, 1.807) is 17.1 Å². The summed E-state index contributed by atoms with van der Waals surface area (Å²) < 4.78 is 1.74. The molecule has 0 amide bonds. The maximum Gasteiger partial charge on any atom is 0.173 e. The molecule has 0 spiro atoms. The molecule has 0 atom stereocenters. The van der Waals surface area contributed by atoms with Crippen LogP contribution in [0.5, 0.6) is 0 Å². The second-order valence-corrected chi connectivity index (χ2v) is 5.22. The van der Waals surface area contributed by atoms with Crippen molar-refractivity contribution in [2.45, 2.75) is 25.7 Å². The Balaban J connectivity index is 1.75. The molecule has 0 radical (unpaired) electrons. The number of nitrogens with zero attached hydrogens (tertiary/aromatic N) is 5. The van der Waals surface area contributed by atoms with Crippen LogP contribution in [0, 0.1) is 5.92 Å². The SMILES string of the molecule is CN(CC1CCCC1)c1cncc(-n2cccn2)n1. The molecule has 1 aliphatic carbocycles. The van der Waals surface area contributed by atoms with Crippen LogP contribution < -0.4 is 4.90 Å². The average Bonchev–Trinajstić information content (AvgIpc) is 3.12. The fraction of sp³-hybridized carbons (Fsp3) is 0.500. The molecule has 5 nitrogen and oxygen atoms in total. The van der Waals surface area contributed by atoms with Crippen LogP contribution in [0.1, 0.15) is 25.7 Å². The second kappa shape index (κ2) is 5.38. The third-order valence-electron chi connectivity index (χ3n) is 3.75. The first-order valence-corrected chi connectivity index (χ1v) is 6.86. The first-order valence-electron chi connectivity index (χ1n) is 6.86. The van der Waals surface area contributed by atoms with E-state index in [1.165, 1.54) is 25.7 Å². The van der Waals surface area contributed by atoms with E-state index in [0.29, 0.717) is 0 Å². The van der Waals surface area contributed by atoms with Gasteiger partial charge in [-0.1, -0.05) is 12.8 Å². The van der Waals surface area contributed by atoms with Gasteiger partial charge in [0.05, 0.1) is 12.4 Å². The summed E-state index contributed by atoms with van der Waals surface area (Å²) in [5, 5.41) is 4.19. The third kappa shape index (κ3) is 2.75. The molecule has 1 aliphatic rings. The van der Waals surface area contributed by atoms with Gasteiger partial charge in [-0.25, -0.2) is 9.67 Å². The van der Waals surface area contributed by atoms with Gasteiger partial charge in [0, 0.05) is 26.0 Å². The van der Waals surface area contributed by atoms with Crippen molar-refractivity contribution in [3.05, 3.63) is 30.9 Å². The van der Waals surface area contributed by atoms with Gasteiger partial charge in [0.2, 0.25) is 0 Å². The molecule has 2 aromatic heterocycles. The van der Waals surface area contributed by atoms with Crippen LogP contribution in [0.3, 0.4) is 0 Å². The van der Waals surface area contributed by atoms with E-state index < -0.39 is 0 Å². The Hall–Kier alpha value is -1.91. The topological polar surface area (TPSA) is 46.8 Å². The lowest BCUT2D eigenvalue weighted by Crippen LogP contribution is -2.25. The molecular formula is C14H19N5. The largest absolute Gasteiger partial charge is 0.358 e. The van der Waals surface area contributed by atoms with E-state index in [-0.39, 0.29) is 0 Å². The van der Waals surface area contributed by atoms with E-state index in [1.807, 2.05) is 18.5 Å². The minimum atomic E-state index is 0.765. The van der Waals surface area contributed by atoms with Crippen LogP contribution in [0.25, 0.3) is 5.82 Å². The minimum absolute atomic E-state index is 0.765. The highest BCUT2D eigenvalue weighted by atomic mass is 15.3. The maximum atomic E-state index is 4.62. The van der Waals surface area contributed by atoms with Crippen LogP contribution in [0.2, 0.25) is 0 Å². The van der Waals surface area contributed by atoms with Gasteiger partial charge in [0.1, 0.15) is 5.82 Å². The molecule has 0 saturated heterocycles. The number of hydrogen-bond acceptors (Lipinski definition) is 4. The number of hydrogen-bond donors (Lipinski definition) is 0. The highest BCUT2D eigenvalue weighted by Gasteiger charge is 2.17. The third-order valence-corrected chi connectivity index (χ3v) is 3.75. The predicted molar refractivity (Wildman–Crippen MR) is 74.4 cm³/mol. The lowest BCUT2D eigenvalue weighted by molar-refractivity contribution is 0.544. The van der Waals surface area contributed by atoms with Crippen molar-refractivity contribution in [3.63, 3.8) is 0 Å². The predicted octanol–water partition coefficient (Wildman–Crippen LogP) is 2.29. The molecule has 0 unspecified atom stereocenters. The van der Waals surface area contributed by atoms with Crippen molar-refractivity contribution >= 4 is 5.82 Å². The zero-order valence-electron chi connectivity index (χ0n) is 11.2. The van der Waals surface area contributed by atoms with Crippen molar-refractivity contribution in [1.82, 2.24) is 19.7 Å². The molecule has 1 saturated carbocycles. The maximum absolute atomic E-state index is 4.62. The van der Waals surface area contributed by atoms with Crippen molar-refractivity contribution in [1.29, 1.82) is 0 Å². The van der Waals surface area contributed by atoms with E-state index in [9.17, 15) is 0 Å². The van der Waals surface area contributed by atoms with Crippen LogP contribution >= 0.6 is 0 Å². The molecule has 0 aromatic carbocycles. The Morgan fingerprint density at radius 2 is 2.16 bits per heavy atom. The molecular weight excluding hydrogens is 238 g/mol. The number of rotatable bonds is 4. The summed E-state index contributed by atoms with van der Waals surface area (Å²) in [5.41, 5.74) is 0. The summed E-state index contributed by atoms with van der Waals surface area (Å²) in [4.78, 5) is 11.1. The lowest BCUT2D eigenvalue weighted by atomic mass is 10.1. The van der Waals surface area contributed by atoms with Crippen molar-refractivity contribution in [3.8, 4) is 5.82 Å². The van der Waals surface area contributed by atoms with E-state index in [2.05, 4.69) is 27.0 Å². The van der Waals surface area contributed by atoms with Crippen LogP contribution in [0.4, 0.5) is 5.82 Å². The highest BCUT2D eigenvalue weighted by molar-refractivity contribution is 5.38. The number of aromatic nitrogens is 4. The Morgan fingerprint density at radius 1 is 1.32 bits per heavy atom. The minimum Gasteiger partial charge on any atom is -0.358 e. The Bertz CT molecular complexity index is 516. The normalized spacial score (nSPS) is 15.8. The first kappa shape index (κ1) is 12.1. The standard InChI is InChI=1S/C14H19N5/c1-18(11-12-5-2-3-6-12)13-9-15-10-14(17-13)19-8-4-7-16-19/h4,7-10,12H,2-3,5-6,11H2,1H3. The van der Waals surface area contributed by atoms with Gasteiger partial charge in [0.25, 0.3) is 0 Å². The molecule has 19 heavy (non-hydrogen) atoms. The summed E-state index contributed by atoms with van der Waals surface area (Å²) in [5.74, 6) is 2.49. The second-order valence-electron chi connectivity index (χ2n) is 5.22. The van der Waals surface area contributed by atoms with Gasteiger partial charge in [0.15, 0.2) is 5.82 Å². The van der Waals surface area contributed by atoms with Gasteiger partial charge < -0.3 is 4.90 Å². The summed E-state index contributed by atoms with van der Waals surface area (Å²) in [6.07, 6.45) is 12.6. The monoisotopic (exact) mass is 257 g/mol. The zero-order valence-corrected chi connectivity index (χ0v) is 11.2. The lowest BCUT2D eigenvalue weighted by Gasteiger charge is -2.21. The highest BCUT2D eigenvalue weighted by Crippen LogP contribution is 2.26. The van der Waals surface area contributed by atoms with Gasteiger partial charge in [-0.2, -0.15) is 5.10 Å². The summed E-state index contributed by atoms with van der Waals surface area (Å²) in [6.45, 7) is 1.07. The fourth-order valence-corrected chi connectivity index (χ4v) is 2.72. The van der Waals surface area contributed by atoms with Gasteiger partial charge in [-0.05, 0) is 24.8 Å². The summed E-state index contributed by atoms with van der Waals surface area (Å²) in [6, 6.07) is 1.89. The van der Waals surface area contributed by atoms with Crippen molar-refractivity contribution in [2.24, 2.45) is 5.92 Å².